The van der Waals surface area contributed by atoms with Gasteiger partial charge in [0.2, 0.25) is 5.92 Å². The van der Waals surface area contributed by atoms with Crippen molar-refractivity contribution < 1.29 is 42.0 Å². The highest BCUT2D eigenvalue weighted by atomic mass is 19.3. The van der Waals surface area contributed by atoms with Crippen molar-refractivity contribution in [2.24, 2.45) is 14.1 Å². The minimum absolute atomic E-state index is 0.0669. The molecule has 4 aromatic carbocycles. The average molecular weight is 935 g/mol. The van der Waals surface area contributed by atoms with Crippen molar-refractivity contribution in [1.29, 1.82) is 0 Å². The molecule has 0 bridgehead atoms. The van der Waals surface area contributed by atoms with Gasteiger partial charge in [-0.25, -0.2) is 13.6 Å². The third-order valence-electron chi connectivity index (χ3n) is 12.8. The summed E-state index contributed by atoms with van der Waals surface area (Å²) in [5.74, 6) is -0.341. The molecule has 6 aromatic rings. The van der Waals surface area contributed by atoms with E-state index in [2.05, 4.69) is 116 Å². The minimum Gasteiger partial charge on any atom is -0.496 e. The third kappa shape index (κ3) is 14.1. The first-order valence-electron chi connectivity index (χ1n) is 24.5. The van der Waals surface area contributed by atoms with Crippen molar-refractivity contribution in [2.75, 3.05) is 40.6 Å². The summed E-state index contributed by atoms with van der Waals surface area (Å²) in [6.45, 7) is 8.59. The molecular weight excluding hydrogens is 863 g/mol. The minimum atomic E-state index is -2.90. The predicted octanol–water partition coefficient (Wildman–Crippen LogP) is 14.0. The average Bonchev–Trinajstić information content (AvgIpc) is 3.85. The van der Waals surface area contributed by atoms with Crippen molar-refractivity contribution in [3.05, 3.63) is 109 Å². The Kier molecular flexibility index (Phi) is 19.4. The Hall–Kier alpha value is -5.81. The molecule has 11 heteroatoms. The van der Waals surface area contributed by atoms with Crippen LogP contribution in [0.5, 0.6) is 23.0 Å². The number of halogens is 2. The molecule has 0 aliphatic rings. The Labute approximate surface area is 402 Å². The van der Waals surface area contributed by atoms with E-state index in [0.29, 0.717) is 26.1 Å². The van der Waals surface area contributed by atoms with Gasteiger partial charge in [0, 0.05) is 86.5 Å². The third-order valence-corrected chi connectivity index (χ3v) is 12.8. The molecule has 0 unspecified atom stereocenters. The molecule has 2 heterocycles. The molecule has 6 rings (SSSR count). The number of hydrogen-bond donors (Lipinski definition) is 0. The Morgan fingerprint density at radius 2 is 1.12 bits per heavy atom. The van der Waals surface area contributed by atoms with Gasteiger partial charge in [-0.05, 0) is 110 Å². The fourth-order valence-corrected chi connectivity index (χ4v) is 8.88. The van der Waals surface area contributed by atoms with Crippen LogP contribution in [-0.2, 0) is 41.2 Å². The fraction of sp³-hybridized carbons (Fsp3) is 0.456. The zero-order valence-electron chi connectivity index (χ0n) is 41.2. The first kappa shape index (κ1) is 51.6. The molecule has 0 aliphatic heterocycles. The van der Waals surface area contributed by atoms with Crippen LogP contribution in [-0.4, -0.2) is 67.8 Å². The van der Waals surface area contributed by atoms with Crippen LogP contribution in [0.15, 0.2) is 97.6 Å². The van der Waals surface area contributed by atoms with Crippen molar-refractivity contribution in [2.45, 2.75) is 116 Å². The van der Waals surface area contributed by atoms with Crippen LogP contribution in [0, 0.1) is 0 Å². The number of carbonyl (C=O) groups excluding carboxylic acids is 1. The van der Waals surface area contributed by atoms with Crippen LogP contribution < -0.4 is 18.9 Å². The lowest BCUT2D eigenvalue weighted by Gasteiger charge is -2.20. The molecule has 0 spiro atoms. The van der Waals surface area contributed by atoms with Crippen LogP contribution in [0.2, 0.25) is 0 Å². The van der Waals surface area contributed by atoms with Gasteiger partial charge in [-0.1, -0.05) is 58.2 Å². The molecule has 0 saturated heterocycles. The maximum absolute atomic E-state index is 14.7. The molecule has 0 amide bonds. The number of hydrogen-bond acceptors (Lipinski definition) is 7. The zero-order valence-corrected chi connectivity index (χ0v) is 41.2. The van der Waals surface area contributed by atoms with Crippen LogP contribution in [0.1, 0.15) is 102 Å². The topological polar surface area (TPSA) is 82.3 Å². The van der Waals surface area contributed by atoms with Gasteiger partial charge in [-0.3, -0.25) is 0 Å². The summed E-state index contributed by atoms with van der Waals surface area (Å²) in [4.78, 5) is 11.3. The van der Waals surface area contributed by atoms with Crippen molar-refractivity contribution in [1.82, 2.24) is 9.13 Å². The highest BCUT2D eigenvalue weighted by Crippen LogP contribution is 2.38. The number of fused-ring (bicyclic) bond motifs is 2. The molecule has 0 saturated carbocycles. The lowest BCUT2D eigenvalue weighted by Crippen LogP contribution is -2.22. The summed E-state index contributed by atoms with van der Waals surface area (Å²) in [6.07, 6.45) is 10.5. The molecule has 0 aliphatic carbocycles. The van der Waals surface area contributed by atoms with E-state index in [-0.39, 0.29) is 45.0 Å². The maximum Gasteiger partial charge on any atom is 0.330 e. The van der Waals surface area contributed by atoms with Crippen molar-refractivity contribution >= 4 is 27.8 Å². The molecule has 366 valence electrons. The lowest BCUT2D eigenvalue weighted by molar-refractivity contribution is -0.138. The van der Waals surface area contributed by atoms with Crippen LogP contribution >= 0.6 is 0 Å². The SMILES string of the molecule is C=CC(=O)OCCCC(F)(F)CCCOC(CCOc1ccc2cc(-c3ccc(CCCCC)cc3OC)n(C)c2c1)CCOc1ccc2cc(-c3ccc(CCCCC)cc3OC)n(C)c2c1. The number of aromatic nitrogens is 2. The fourth-order valence-electron chi connectivity index (χ4n) is 8.88. The summed E-state index contributed by atoms with van der Waals surface area (Å²) in [7, 11) is 7.56. The number of rotatable bonds is 30. The van der Waals surface area contributed by atoms with Gasteiger partial charge in [-0.2, -0.15) is 0 Å². The molecular formula is C57H72F2N2O7. The van der Waals surface area contributed by atoms with E-state index >= 15 is 0 Å². The number of ether oxygens (including phenoxy) is 6. The van der Waals surface area contributed by atoms with Gasteiger partial charge >= 0.3 is 5.97 Å². The number of esters is 1. The Morgan fingerprint density at radius 3 is 1.57 bits per heavy atom. The second kappa shape index (κ2) is 25.5. The van der Waals surface area contributed by atoms with E-state index in [1.165, 1.54) is 36.8 Å². The quantitative estimate of drug-likeness (QED) is 0.0253. The van der Waals surface area contributed by atoms with E-state index in [1.54, 1.807) is 14.2 Å². The molecule has 0 atom stereocenters. The summed E-state index contributed by atoms with van der Waals surface area (Å²) < 4.78 is 69.4. The van der Waals surface area contributed by atoms with Crippen molar-refractivity contribution in [3.63, 3.8) is 0 Å². The second-order valence-corrected chi connectivity index (χ2v) is 17.8. The lowest BCUT2D eigenvalue weighted by atomic mass is 10.0. The van der Waals surface area contributed by atoms with Crippen LogP contribution in [0.25, 0.3) is 44.3 Å². The predicted molar refractivity (Wildman–Crippen MR) is 271 cm³/mol. The highest BCUT2D eigenvalue weighted by molar-refractivity contribution is 5.90. The van der Waals surface area contributed by atoms with Gasteiger partial charge in [0.1, 0.15) is 23.0 Å². The number of nitrogens with zero attached hydrogens (tertiary/aromatic N) is 2. The number of benzene rings is 4. The van der Waals surface area contributed by atoms with Crippen LogP contribution in [0.4, 0.5) is 8.78 Å². The van der Waals surface area contributed by atoms with E-state index in [4.69, 9.17) is 28.4 Å². The first-order chi connectivity index (χ1) is 33.0. The zero-order chi connectivity index (χ0) is 48.5. The molecule has 0 fully saturated rings. The van der Waals surface area contributed by atoms with Gasteiger partial charge in [0.25, 0.3) is 0 Å². The Balaban J connectivity index is 1.10. The summed E-state index contributed by atoms with van der Waals surface area (Å²) in [6, 6.07) is 29.6. The molecule has 0 radical (unpaired) electrons. The number of aryl methyl sites for hydroxylation is 4. The van der Waals surface area contributed by atoms with Gasteiger partial charge < -0.3 is 37.6 Å². The number of unbranched alkanes of at least 4 members (excludes halogenated alkanes) is 4. The Bertz CT molecular complexity index is 2410. The van der Waals surface area contributed by atoms with E-state index in [0.717, 1.165) is 99.1 Å². The standard InChI is InChI=1S/C57H72F2N2O7/c1-8-11-13-17-41-19-25-48(54(35-41)63-6)52-37-43-21-23-46(39-50(43)60(52)4)66-33-27-45(65-31-15-29-57(58,59)30-16-32-68-56(62)10-3)28-34-67-47-24-22-44-38-53(61(5)51(44)40-47)49-26-20-42(18-14-12-9-2)36-55(49)64-7/h10,19-26,35-40,45H,3,8-9,11-18,27-34H2,1-2,4-7H3. The molecule has 0 N–H and O–H groups in total. The number of alkyl halides is 2. The van der Waals surface area contributed by atoms with Crippen LogP contribution in [0.3, 0.4) is 0 Å². The smallest absolute Gasteiger partial charge is 0.330 e. The van der Waals surface area contributed by atoms with Crippen molar-refractivity contribution in [3.8, 4) is 45.5 Å². The maximum atomic E-state index is 14.7. The Morgan fingerprint density at radius 1 is 0.632 bits per heavy atom. The largest absolute Gasteiger partial charge is 0.496 e. The van der Waals surface area contributed by atoms with E-state index in [9.17, 15) is 13.6 Å². The summed E-state index contributed by atoms with van der Waals surface area (Å²) >= 11 is 0. The van der Waals surface area contributed by atoms with Gasteiger partial charge in [0.15, 0.2) is 0 Å². The summed E-state index contributed by atoms with van der Waals surface area (Å²) in [5.41, 5.74) is 8.80. The van der Waals surface area contributed by atoms with Gasteiger partial charge in [0.05, 0.1) is 62.6 Å². The van der Waals surface area contributed by atoms with Gasteiger partial charge in [-0.15, -0.1) is 0 Å². The molecule has 9 nitrogen and oxygen atoms in total. The molecule has 68 heavy (non-hydrogen) atoms. The second-order valence-electron chi connectivity index (χ2n) is 17.8. The monoisotopic (exact) mass is 935 g/mol. The highest BCUT2D eigenvalue weighted by Gasteiger charge is 2.28. The van der Waals surface area contributed by atoms with E-state index in [1.807, 2.05) is 12.1 Å². The summed E-state index contributed by atoms with van der Waals surface area (Å²) in [5, 5.41) is 2.18. The normalized spacial score (nSPS) is 11.7. The van der Waals surface area contributed by atoms with E-state index < -0.39 is 11.9 Å². The molecule has 2 aromatic heterocycles. The first-order valence-corrected chi connectivity index (χ1v) is 24.5. The number of carbonyl (C=O) groups is 1. The number of methoxy groups -OCH3 is 2.